The van der Waals surface area contributed by atoms with Crippen LogP contribution in [0.4, 0.5) is 0 Å². The van der Waals surface area contributed by atoms with Gasteiger partial charge in [0.05, 0.1) is 5.71 Å². The van der Waals surface area contributed by atoms with Crippen molar-refractivity contribution in [3.8, 4) is 5.75 Å². The van der Waals surface area contributed by atoms with Crippen molar-refractivity contribution in [3.63, 3.8) is 0 Å². The van der Waals surface area contributed by atoms with E-state index in [1.807, 2.05) is 30.3 Å². The molecule has 0 radical (unpaired) electrons. The normalized spacial score (nSPS) is 14.5. The first-order valence-electron chi connectivity index (χ1n) is 6.87. The fourth-order valence-corrected chi connectivity index (χ4v) is 3.01. The molecule has 0 aliphatic carbocycles. The van der Waals surface area contributed by atoms with Gasteiger partial charge in [0.1, 0.15) is 12.4 Å². The first kappa shape index (κ1) is 14.1. The number of ether oxygens (including phenoxy) is 1. The molecule has 1 aliphatic heterocycles. The van der Waals surface area contributed by atoms with E-state index in [1.165, 1.54) is 0 Å². The van der Waals surface area contributed by atoms with Gasteiger partial charge in [-0.1, -0.05) is 50.7 Å². The Morgan fingerprint density at radius 2 is 1.95 bits per heavy atom. The zero-order valence-corrected chi connectivity index (χ0v) is 13.2. The summed E-state index contributed by atoms with van der Waals surface area (Å²) >= 11 is 1.67. The summed E-state index contributed by atoms with van der Waals surface area (Å²) in [5, 5.41) is 13.9. The molecule has 0 unspecified atom stereocenters. The molecular formula is C15H18N4OS. The molecule has 0 atom stereocenters. The van der Waals surface area contributed by atoms with Gasteiger partial charge in [0.25, 0.3) is 0 Å². The molecule has 0 spiro atoms. The van der Waals surface area contributed by atoms with E-state index in [0.29, 0.717) is 6.61 Å². The molecule has 0 amide bonds. The maximum absolute atomic E-state index is 5.74. The van der Waals surface area contributed by atoms with E-state index in [-0.39, 0.29) is 5.41 Å². The Hall–Kier alpha value is -1.82. The number of aromatic nitrogens is 3. The molecule has 110 valence electrons. The quantitative estimate of drug-likeness (QED) is 0.873. The molecule has 1 aromatic heterocycles. The molecule has 6 heteroatoms. The number of para-hydroxylation sites is 1. The van der Waals surface area contributed by atoms with Crippen molar-refractivity contribution in [2.75, 3.05) is 5.75 Å². The maximum atomic E-state index is 5.74. The zero-order chi connectivity index (χ0) is 14.9. The summed E-state index contributed by atoms with van der Waals surface area (Å²) in [6, 6.07) is 9.70. The van der Waals surface area contributed by atoms with E-state index in [1.54, 1.807) is 16.4 Å². The van der Waals surface area contributed by atoms with Crippen molar-refractivity contribution >= 4 is 17.5 Å². The highest BCUT2D eigenvalue weighted by Gasteiger charge is 2.26. The van der Waals surface area contributed by atoms with Crippen LogP contribution in [0.25, 0.3) is 0 Å². The van der Waals surface area contributed by atoms with E-state index in [4.69, 9.17) is 9.84 Å². The maximum Gasteiger partial charge on any atom is 0.212 e. The zero-order valence-electron chi connectivity index (χ0n) is 12.4. The Balaban J connectivity index is 1.81. The van der Waals surface area contributed by atoms with E-state index in [0.717, 1.165) is 28.2 Å². The lowest BCUT2D eigenvalue weighted by Crippen LogP contribution is -2.26. The van der Waals surface area contributed by atoms with Crippen LogP contribution in [0, 0.1) is 5.41 Å². The van der Waals surface area contributed by atoms with Crippen molar-refractivity contribution in [2.45, 2.75) is 32.5 Å². The number of nitrogens with zero attached hydrogens (tertiary/aromatic N) is 4. The van der Waals surface area contributed by atoms with E-state index in [2.05, 4.69) is 31.0 Å². The highest BCUT2D eigenvalue weighted by molar-refractivity contribution is 7.99. The van der Waals surface area contributed by atoms with Gasteiger partial charge < -0.3 is 4.74 Å². The first-order valence-corrected chi connectivity index (χ1v) is 7.86. The van der Waals surface area contributed by atoms with Crippen LogP contribution in [0.3, 0.4) is 0 Å². The van der Waals surface area contributed by atoms with Crippen LogP contribution in [-0.4, -0.2) is 26.3 Å². The number of fused-ring (bicyclic) bond motifs is 1. The van der Waals surface area contributed by atoms with Crippen LogP contribution < -0.4 is 4.74 Å². The molecule has 0 saturated carbocycles. The van der Waals surface area contributed by atoms with Gasteiger partial charge in [0.15, 0.2) is 5.82 Å². The third-order valence-corrected chi connectivity index (χ3v) is 4.14. The molecule has 5 nitrogen and oxygen atoms in total. The molecule has 2 heterocycles. The van der Waals surface area contributed by atoms with Crippen molar-refractivity contribution in [1.82, 2.24) is 14.9 Å². The van der Waals surface area contributed by atoms with Gasteiger partial charge in [-0.3, -0.25) is 0 Å². The summed E-state index contributed by atoms with van der Waals surface area (Å²) in [7, 11) is 0. The molecule has 0 saturated heterocycles. The summed E-state index contributed by atoms with van der Waals surface area (Å²) in [6.45, 7) is 6.87. The molecule has 21 heavy (non-hydrogen) atoms. The molecule has 0 fully saturated rings. The minimum absolute atomic E-state index is 0.0481. The largest absolute Gasteiger partial charge is 0.486 e. The number of rotatable bonds is 3. The Morgan fingerprint density at radius 3 is 2.67 bits per heavy atom. The lowest BCUT2D eigenvalue weighted by Gasteiger charge is -2.24. The van der Waals surface area contributed by atoms with Crippen LogP contribution in [0.1, 0.15) is 26.6 Å². The van der Waals surface area contributed by atoms with Crippen LogP contribution >= 0.6 is 11.8 Å². The summed E-state index contributed by atoms with van der Waals surface area (Å²) < 4.78 is 7.54. The predicted octanol–water partition coefficient (Wildman–Crippen LogP) is 3.21. The predicted molar refractivity (Wildman–Crippen MR) is 83.8 cm³/mol. The molecule has 2 aromatic rings. The Bertz CT molecular complexity index is 658. The fourth-order valence-electron chi connectivity index (χ4n) is 1.89. The van der Waals surface area contributed by atoms with Crippen LogP contribution in [-0.2, 0) is 6.61 Å². The van der Waals surface area contributed by atoms with Gasteiger partial charge in [-0.25, -0.2) is 0 Å². The lowest BCUT2D eigenvalue weighted by molar-refractivity contribution is 0.289. The lowest BCUT2D eigenvalue weighted by atomic mass is 9.91. The van der Waals surface area contributed by atoms with Gasteiger partial charge in [-0.2, -0.15) is 9.78 Å². The second-order valence-corrected chi connectivity index (χ2v) is 6.84. The molecule has 1 aromatic carbocycles. The minimum Gasteiger partial charge on any atom is -0.486 e. The molecule has 3 rings (SSSR count). The third-order valence-electron chi connectivity index (χ3n) is 3.21. The number of thioether (sulfide) groups is 1. The van der Waals surface area contributed by atoms with Crippen molar-refractivity contribution in [2.24, 2.45) is 10.5 Å². The Kier molecular flexibility index (Phi) is 3.71. The van der Waals surface area contributed by atoms with Gasteiger partial charge in [-0.05, 0) is 12.1 Å². The summed E-state index contributed by atoms with van der Waals surface area (Å²) in [4.78, 5) is 0. The van der Waals surface area contributed by atoms with Crippen LogP contribution in [0.5, 0.6) is 5.75 Å². The highest BCUT2D eigenvalue weighted by atomic mass is 32.2. The Morgan fingerprint density at radius 1 is 1.19 bits per heavy atom. The number of benzene rings is 1. The topological polar surface area (TPSA) is 52.3 Å². The second-order valence-electron chi connectivity index (χ2n) is 5.90. The number of hydrogen-bond acceptors (Lipinski definition) is 5. The molecule has 0 bridgehead atoms. The minimum atomic E-state index is 0.0481. The van der Waals surface area contributed by atoms with Gasteiger partial charge in [-0.15, -0.1) is 10.2 Å². The van der Waals surface area contributed by atoms with Gasteiger partial charge in [0.2, 0.25) is 5.16 Å². The third kappa shape index (κ3) is 3.10. The standard InChI is InChI=1S/C15H18N4OS/c1-15(2,3)12-10-21-14-17-16-13(19(14)18-12)9-20-11-7-5-4-6-8-11/h4-8H,9-10H2,1-3H3. The van der Waals surface area contributed by atoms with Crippen molar-refractivity contribution < 1.29 is 4.74 Å². The van der Waals surface area contributed by atoms with Crippen molar-refractivity contribution in [3.05, 3.63) is 36.2 Å². The Labute approximate surface area is 128 Å². The fraction of sp³-hybridized carbons (Fsp3) is 0.400. The summed E-state index contributed by atoms with van der Waals surface area (Å²) in [6.07, 6.45) is 0. The van der Waals surface area contributed by atoms with Gasteiger partial charge >= 0.3 is 0 Å². The van der Waals surface area contributed by atoms with Crippen molar-refractivity contribution in [1.29, 1.82) is 0 Å². The van der Waals surface area contributed by atoms with Crippen LogP contribution in [0.15, 0.2) is 40.6 Å². The molecule has 1 aliphatic rings. The van der Waals surface area contributed by atoms with Crippen LogP contribution in [0.2, 0.25) is 0 Å². The van der Waals surface area contributed by atoms with E-state index >= 15 is 0 Å². The average molecular weight is 302 g/mol. The SMILES string of the molecule is CC(C)(C)C1=Nn2c(COc3ccccc3)nnc2SC1. The average Bonchev–Trinajstić information content (AvgIpc) is 2.87. The smallest absolute Gasteiger partial charge is 0.212 e. The molecular weight excluding hydrogens is 284 g/mol. The van der Waals surface area contributed by atoms with E-state index < -0.39 is 0 Å². The summed E-state index contributed by atoms with van der Waals surface area (Å²) in [5.74, 6) is 2.40. The summed E-state index contributed by atoms with van der Waals surface area (Å²) in [5.41, 5.74) is 1.19. The monoisotopic (exact) mass is 302 g/mol. The number of hydrogen-bond donors (Lipinski definition) is 0. The van der Waals surface area contributed by atoms with Gasteiger partial charge in [0, 0.05) is 11.2 Å². The second kappa shape index (κ2) is 5.52. The van der Waals surface area contributed by atoms with E-state index in [9.17, 15) is 0 Å². The first-order chi connectivity index (χ1) is 10.0. The highest BCUT2D eigenvalue weighted by Crippen LogP contribution is 2.28. The molecule has 0 N–H and O–H groups in total.